The number of rotatable bonds is 4. The van der Waals surface area contributed by atoms with E-state index in [0.29, 0.717) is 21.4 Å². The highest BCUT2D eigenvalue weighted by Gasteiger charge is 2.46. The van der Waals surface area contributed by atoms with E-state index in [1.54, 1.807) is 35.2 Å². The Labute approximate surface area is 196 Å². The number of hydrogen-bond donors (Lipinski definition) is 3. The van der Waals surface area contributed by atoms with E-state index in [2.05, 4.69) is 16.0 Å². The third-order valence-corrected chi connectivity index (χ3v) is 6.27. The largest absolute Gasteiger partial charge is 0.349 e. The van der Waals surface area contributed by atoms with Crippen molar-refractivity contribution in [1.82, 2.24) is 10.2 Å². The second kappa shape index (κ2) is 9.79. The zero-order valence-electron chi connectivity index (χ0n) is 17.3. The van der Waals surface area contributed by atoms with Crippen LogP contribution in [0.2, 0.25) is 10.0 Å². The van der Waals surface area contributed by atoms with Crippen molar-refractivity contribution < 1.29 is 14.4 Å². The average molecular weight is 475 g/mol. The highest BCUT2D eigenvalue weighted by Crippen LogP contribution is 2.30. The van der Waals surface area contributed by atoms with Crippen LogP contribution in [0.4, 0.5) is 16.2 Å². The molecule has 3 N–H and O–H groups in total. The number of nitrogens with one attached hydrogen (secondary N) is 3. The average Bonchev–Trinajstić information content (AvgIpc) is 2.74. The van der Waals surface area contributed by atoms with Gasteiger partial charge in [0.2, 0.25) is 11.8 Å². The van der Waals surface area contributed by atoms with E-state index in [4.69, 9.17) is 23.2 Å². The first-order chi connectivity index (χ1) is 15.4. The lowest BCUT2D eigenvalue weighted by Crippen LogP contribution is -2.68. The minimum atomic E-state index is -0.923. The molecule has 3 atom stereocenters. The fourth-order valence-corrected chi connectivity index (χ4v) is 4.98. The Hall–Kier alpha value is -2.77. The molecule has 4 rings (SSSR count). The first-order valence-corrected chi connectivity index (χ1v) is 11.4. The molecule has 0 aromatic heterocycles. The lowest BCUT2D eigenvalue weighted by molar-refractivity contribution is -0.135. The van der Waals surface area contributed by atoms with E-state index < -0.39 is 11.9 Å². The summed E-state index contributed by atoms with van der Waals surface area (Å²) in [5.74, 6) is -0.731. The minimum absolute atomic E-state index is 0.108. The molecule has 2 fully saturated rings. The first kappa shape index (κ1) is 22.4. The molecule has 9 heteroatoms. The van der Waals surface area contributed by atoms with Crippen LogP contribution in [-0.4, -0.2) is 40.9 Å². The summed E-state index contributed by atoms with van der Waals surface area (Å²) in [6.07, 6.45) is 3.37. The Kier molecular flexibility index (Phi) is 6.86. The number of anilines is 2. The molecule has 2 aromatic carbocycles. The molecular weight excluding hydrogens is 451 g/mol. The molecule has 2 aliphatic rings. The Morgan fingerprint density at radius 2 is 1.66 bits per heavy atom. The van der Waals surface area contributed by atoms with Gasteiger partial charge in [0.25, 0.3) is 0 Å². The smallest absolute Gasteiger partial charge is 0.322 e. The Bertz CT molecular complexity index is 997. The van der Waals surface area contributed by atoms with Crippen LogP contribution >= 0.6 is 23.2 Å². The van der Waals surface area contributed by atoms with E-state index in [9.17, 15) is 14.4 Å². The Morgan fingerprint density at radius 3 is 2.38 bits per heavy atom. The van der Waals surface area contributed by atoms with Crippen LogP contribution in [0.1, 0.15) is 32.1 Å². The van der Waals surface area contributed by atoms with Gasteiger partial charge in [-0.3, -0.25) is 9.59 Å². The van der Waals surface area contributed by atoms with Crippen molar-refractivity contribution in [1.29, 1.82) is 0 Å². The highest BCUT2D eigenvalue weighted by molar-refractivity contribution is 6.35. The van der Waals surface area contributed by atoms with Gasteiger partial charge in [0.15, 0.2) is 0 Å². The normalized spacial score (nSPS) is 22.5. The van der Waals surface area contributed by atoms with Gasteiger partial charge in [0, 0.05) is 27.5 Å². The summed E-state index contributed by atoms with van der Waals surface area (Å²) in [6.45, 7) is 0. The zero-order valence-corrected chi connectivity index (χ0v) is 18.8. The molecule has 1 saturated heterocycles. The predicted molar refractivity (Wildman–Crippen MR) is 125 cm³/mol. The second-order valence-electron chi connectivity index (χ2n) is 8.10. The molecule has 1 aliphatic heterocycles. The SMILES string of the molecule is O=C(C[C@H]1C(=O)N[C@H]2CCCC[C@@H]2N1C(=O)Nc1ccccc1)Nc1cc(Cl)cc(Cl)c1. The summed E-state index contributed by atoms with van der Waals surface area (Å²) in [4.78, 5) is 40.6. The van der Waals surface area contributed by atoms with Gasteiger partial charge in [0.05, 0.1) is 12.5 Å². The van der Waals surface area contributed by atoms with Crippen LogP contribution in [0.25, 0.3) is 0 Å². The van der Waals surface area contributed by atoms with Gasteiger partial charge in [-0.15, -0.1) is 0 Å². The van der Waals surface area contributed by atoms with E-state index in [0.717, 1.165) is 25.7 Å². The van der Waals surface area contributed by atoms with Crippen LogP contribution in [-0.2, 0) is 9.59 Å². The molecule has 7 nitrogen and oxygen atoms in total. The monoisotopic (exact) mass is 474 g/mol. The number of urea groups is 1. The number of fused-ring (bicyclic) bond motifs is 1. The summed E-state index contributed by atoms with van der Waals surface area (Å²) >= 11 is 12.0. The highest BCUT2D eigenvalue weighted by atomic mass is 35.5. The maximum atomic E-state index is 13.3. The Morgan fingerprint density at radius 1 is 0.969 bits per heavy atom. The molecule has 1 saturated carbocycles. The summed E-state index contributed by atoms with van der Waals surface area (Å²) < 4.78 is 0. The number of amides is 4. The van der Waals surface area contributed by atoms with E-state index >= 15 is 0 Å². The quantitative estimate of drug-likeness (QED) is 0.601. The maximum absolute atomic E-state index is 13.3. The van der Waals surface area contributed by atoms with Gasteiger partial charge >= 0.3 is 6.03 Å². The number of nitrogens with zero attached hydrogens (tertiary/aromatic N) is 1. The zero-order chi connectivity index (χ0) is 22.7. The predicted octanol–water partition coefficient (Wildman–Crippen LogP) is 4.67. The second-order valence-corrected chi connectivity index (χ2v) is 8.97. The van der Waals surface area contributed by atoms with Gasteiger partial charge in [-0.1, -0.05) is 54.2 Å². The summed E-state index contributed by atoms with van der Waals surface area (Å²) in [5, 5.41) is 9.39. The molecule has 0 bridgehead atoms. The summed E-state index contributed by atoms with van der Waals surface area (Å²) in [5.41, 5.74) is 1.06. The van der Waals surface area contributed by atoms with Crippen LogP contribution < -0.4 is 16.0 Å². The number of para-hydroxylation sites is 1. The third-order valence-electron chi connectivity index (χ3n) is 5.84. The number of hydrogen-bond acceptors (Lipinski definition) is 3. The molecule has 0 radical (unpaired) electrons. The maximum Gasteiger partial charge on any atom is 0.322 e. The van der Waals surface area contributed by atoms with Crippen LogP contribution in [0.3, 0.4) is 0 Å². The van der Waals surface area contributed by atoms with Crippen molar-refractivity contribution >= 4 is 52.4 Å². The van der Waals surface area contributed by atoms with Crippen molar-refractivity contribution in [3.05, 3.63) is 58.6 Å². The van der Waals surface area contributed by atoms with Gasteiger partial charge in [0.1, 0.15) is 6.04 Å². The molecule has 1 heterocycles. The van der Waals surface area contributed by atoms with E-state index in [-0.39, 0.29) is 30.4 Å². The van der Waals surface area contributed by atoms with Crippen molar-refractivity contribution in [3.8, 4) is 0 Å². The number of carbonyl (C=O) groups excluding carboxylic acids is 3. The first-order valence-electron chi connectivity index (χ1n) is 10.6. The standard InChI is InChI=1S/C23H24Cl2N4O3/c24-14-10-15(25)12-17(11-14)26-21(30)13-20-22(31)28-18-8-4-5-9-19(18)29(20)23(32)27-16-6-2-1-3-7-16/h1-3,6-7,10-12,18-20H,4-5,8-9,13H2,(H,26,30)(H,27,32)(H,28,31)/t18-,19-,20-/m0/s1. The summed E-state index contributed by atoms with van der Waals surface area (Å²) in [7, 11) is 0. The minimum Gasteiger partial charge on any atom is -0.349 e. The van der Waals surface area contributed by atoms with Crippen molar-refractivity contribution in [2.75, 3.05) is 10.6 Å². The lowest BCUT2D eigenvalue weighted by Gasteiger charge is -2.47. The molecular formula is C23H24Cl2N4O3. The van der Waals surface area contributed by atoms with E-state index in [1.165, 1.54) is 0 Å². The number of benzene rings is 2. The summed E-state index contributed by atoms with van der Waals surface area (Å²) in [6, 6.07) is 12.2. The number of halogens is 2. The number of carbonyl (C=O) groups is 3. The molecule has 4 amide bonds. The molecule has 168 valence electrons. The van der Waals surface area contributed by atoms with Crippen molar-refractivity contribution in [2.45, 2.75) is 50.2 Å². The number of piperazine rings is 1. The molecule has 2 aromatic rings. The van der Waals surface area contributed by atoms with Crippen LogP contribution in [0, 0.1) is 0 Å². The Balaban J connectivity index is 1.54. The third kappa shape index (κ3) is 5.16. The van der Waals surface area contributed by atoms with Crippen LogP contribution in [0.15, 0.2) is 48.5 Å². The molecule has 32 heavy (non-hydrogen) atoms. The fraction of sp³-hybridized carbons (Fsp3) is 0.348. The molecule has 1 aliphatic carbocycles. The van der Waals surface area contributed by atoms with E-state index in [1.807, 2.05) is 18.2 Å². The molecule has 0 spiro atoms. The van der Waals surface area contributed by atoms with Crippen LogP contribution in [0.5, 0.6) is 0 Å². The van der Waals surface area contributed by atoms with Gasteiger partial charge in [-0.2, -0.15) is 0 Å². The van der Waals surface area contributed by atoms with Gasteiger partial charge in [-0.05, 0) is 43.2 Å². The molecule has 0 unspecified atom stereocenters. The van der Waals surface area contributed by atoms with Crippen molar-refractivity contribution in [2.24, 2.45) is 0 Å². The van der Waals surface area contributed by atoms with Crippen molar-refractivity contribution in [3.63, 3.8) is 0 Å². The van der Waals surface area contributed by atoms with Gasteiger partial charge in [-0.25, -0.2) is 4.79 Å². The fourth-order valence-electron chi connectivity index (χ4n) is 4.46. The van der Waals surface area contributed by atoms with Gasteiger partial charge < -0.3 is 20.9 Å². The topological polar surface area (TPSA) is 90.5 Å². The lowest BCUT2D eigenvalue weighted by atomic mass is 9.85.